The third kappa shape index (κ3) is 7.65. The van der Waals surface area contributed by atoms with Gasteiger partial charge in [0.1, 0.15) is 18.8 Å². The van der Waals surface area contributed by atoms with E-state index in [4.69, 9.17) is 23.7 Å². The predicted molar refractivity (Wildman–Crippen MR) is 105 cm³/mol. The van der Waals surface area contributed by atoms with Gasteiger partial charge in [0.2, 0.25) is 5.91 Å². The molecule has 5 atom stereocenters. The third-order valence-corrected chi connectivity index (χ3v) is 4.33. The molecule has 1 heterocycles. The molecule has 0 spiro atoms. The van der Waals surface area contributed by atoms with Crippen molar-refractivity contribution in [1.82, 2.24) is 5.32 Å². The molecule has 0 radical (unpaired) electrons. The SMILES string of the molecule is CC(=O)N[C@@H]1[C@H](OCc2ccccc2)O[C@H](COC(C)=O)[C@H](OC(C)=O)[C@H]1OC(C)=O. The van der Waals surface area contributed by atoms with E-state index in [1.165, 1.54) is 27.7 Å². The minimum Gasteiger partial charge on any atom is -0.463 e. The van der Waals surface area contributed by atoms with Crippen molar-refractivity contribution in [2.45, 2.75) is 64.9 Å². The van der Waals surface area contributed by atoms with Crippen LogP contribution in [0.25, 0.3) is 0 Å². The summed E-state index contributed by atoms with van der Waals surface area (Å²) in [6.45, 7) is 4.72. The van der Waals surface area contributed by atoms with Gasteiger partial charge in [0.05, 0.1) is 6.61 Å². The Morgan fingerprint density at radius 2 is 1.52 bits per heavy atom. The molecule has 0 saturated carbocycles. The van der Waals surface area contributed by atoms with E-state index in [9.17, 15) is 19.2 Å². The molecule has 1 saturated heterocycles. The summed E-state index contributed by atoms with van der Waals surface area (Å²) in [4.78, 5) is 46.7. The lowest BCUT2D eigenvalue weighted by Crippen LogP contribution is -2.66. The molecule has 1 amide bonds. The Hall–Kier alpha value is -2.98. The number of benzene rings is 1. The van der Waals surface area contributed by atoms with Crippen LogP contribution in [0.2, 0.25) is 0 Å². The molecule has 10 heteroatoms. The van der Waals surface area contributed by atoms with Gasteiger partial charge in [-0.1, -0.05) is 30.3 Å². The first-order valence-electron chi connectivity index (χ1n) is 9.73. The van der Waals surface area contributed by atoms with E-state index in [0.29, 0.717) is 0 Å². The Kier molecular flexibility index (Phi) is 8.95. The van der Waals surface area contributed by atoms with Crippen LogP contribution in [-0.2, 0) is 49.5 Å². The molecule has 1 N–H and O–H groups in total. The second kappa shape index (κ2) is 11.4. The van der Waals surface area contributed by atoms with Crippen molar-refractivity contribution in [2.75, 3.05) is 6.61 Å². The van der Waals surface area contributed by atoms with E-state index in [2.05, 4.69) is 5.32 Å². The van der Waals surface area contributed by atoms with Gasteiger partial charge in [0, 0.05) is 27.7 Å². The Balaban J connectivity index is 2.35. The number of carbonyl (C=O) groups excluding carboxylic acids is 4. The Morgan fingerprint density at radius 1 is 0.903 bits per heavy atom. The predicted octanol–water partition coefficient (Wildman–Crippen LogP) is 0.859. The highest BCUT2D eigenvalue weighted by atomic mass is 16.7. The normalized spacial score (nSPS) is 25.2. The van der Waals surface area contributed by atoms with Crippen LogP contribution in [0.5, 0.6) is 0 Å². The van der Waals surface area contributed by atoms with Crippen LogP contribution in [0, 0.1) is 0 Å². The van der Waals surface area contributed by atoms with Gasteiger partial charge in [-0.25, -0.2) is 0 Å². The van der Waals surface area contributed by atoms with Gasteiger partial charge in [0.25, 0.3) is 0 Å². The van der Waals surface area contributed by atoms with Crippen LogP contribution in [0.3, 0.4) is 0 Å². The highest BCUT2D eigenvalue weighted by Crippen LogP contribution is 2.28. The van der Waals surface area contributed by atoms with Gasteiger partial charge in [-0.05, 0) is 5.56 Å². The Labute approximate surface area is 180 Å². The number of carbonyl (C=O) groups is 4. The molecule has 0 bridgehead atoms. The zero-order valence-electron chi connectivity index (χ0n) is 17.9. The first kappa shape index (κ1) is 24.3. The average molecular weight is 437 g/mol. The van der Waals surface area contributed by atoms with Crippen molar-refractivity contribution in [2.24, 2.45) is 0 Å². The lowest BCUT2D eigenvalue weighted by Gasteiger charge is -2.44. The zero-order chi connectivity index (χ0) is 23.0. The minimum atomic E-state index is -1.14. The maximum Gasteiger partial charge on any atom is 0.303 e. The lowest BCUT2D eigenvalue weighted by atomic mass is 9.96. The molecule has 1 aliphatic rings. The fourth-order valence-corrected chi connectivity index (χ4v) is 3.19. The van der Waals surface area contributed by atoms with Crippen LogP contribution in [0.4, 0.5) is 0 Å². The van der Waals surface area contributed by atoms with Gasteiger partial charge in [-0.3, -0.25) is 19.2 Å². The molecule has 0 unspecified atom stereocenters. The van der Waals surface area contributed by atoms with Gasteiger partial charge < -0.3 is 29.0 Å². The van der Waals surface area contributed by atoms with Gasteiger partial charge in [-0.15, -0.1) is 0 Å². The Bertz CT molecular complexity index is 782. The molecule has 10 nitrogen and oxygen atoms in total. The van der Waals surface area contributed by atoms with Gasteiger partial charge in [0.15, 0.2) is 18.5 Å². The quantitative estimate of drug-likeness (QED) is 0.465. The monoisotopic (exact) mass is 437 g/mol. The Morgan fingerprint density at radius 3 is 2.06 bits per heavy atom. The smallest absolute Gasteiger partial charge is 0.303 e. The minimum absolute atomic E-state index is 0.132. The molecule has 1 aromatic rings. The number of nitrogens with one attached hydrogen (secondary N) is 1. The van der Waals surface area contributed by atoms with Crippen molar-refractivity contribution < 1.29 is 42.9 Å². The molecular formula is C21H27NO9. The maximum atomic E-state index is 11.8. The molecule has 0 aliphatic carbocycles. The molecule has 31 heavy (non-hydrogen) atoms. The van der Waals surface area contributed by atoms with Crippen molar-refractivity contribution in [3.05, 3.63) is 35.9 Å². The molecule has 1 aromatic carbocycles. The molecule has 2 rings (SSSR count). The number of ether oxygens (including phenoxy) is 5. The van der Waals surface area contributed by atoms with Crippen molar-refractivity contribution in [3.63, 3.8) is 0 Å². The molecule has 170 valence electrons. The summed E-state index contributed by atoms with van der Waals surface area (Å²) in [5.74, 6) is -2.32. The summed E-state index contributed by atoms with van der Waals surface area (Å²) in [6, 6.07) is 8.25. The fraction of sp³-hybridized carbons (Fsp3) is 0.524. The summed E-state index contributed by atoms with van der Waals surface area (Å²) < 4.78 is 27.6. The van der Waals surface area contributed by atoms with Gasteiger partial charge >= 0.3 is 17.9 Å². The third-order valence-electron chi connectivity index (χ3n) is 4.33. The van der Waals surface area contributed by atoms with Crippen molar-refractivity contribution in [1.29, 1.82) is 0 Å². The first-order chi connectivity index (χ1) is 14.7. The molecule has 0 aromatic heterocycles. The van der Waals surface area contributed by atoms with Crippen LogP contribution in [0.1, 0.15) is 33.3 Å². The van der Waals surface area contributed by atoms with Crippen molar-refractivity contribution in [3.8, 4) is 0 Å². The molecule has 1 aliphatic heterocycles. The van der Waals surface area contributed by atoms with E-state index in [1.807, 2.05) is 30.3 Å². The standard InChI is InChI=1S/C21H27NO9/c1-12(23)22-18-20(30-15(4)26)19(29-14(3)25)17(11-27-13(2)24)31-21(18)28-10-16-8-6-5-7-9-16/h5-9,17-21H,10-11H2,1-4H3,(H,22,23)/t17-,18+,19+,20+,21-/m1/s1. The number of rotatable bonds is 8. The summed E-state index contributed by atoms with van der Waals surface area (Å²) in [7, 11) is 0. The highest BCUT2D eigenvalue weighted by molar-refractivity contribution is 5.73. The topological polar surface area (TPSA) is 126 Å². The lowest BCUT2D eigenvalue weighted by molar-refractivity contribution is -0.280. The second-order valence-corrected chi connectivity index (χ2v) is 7.02. The molecule has 1 fully saturated rings. The van der Waals surface area contributed by atoms with E-state index in [1.54, 1.807) is 0 Å². The van der Waals surface area contributed by atoms with Gasteiger partial charge in [-0.2, -0.15) is 0 Å². The van der Waals surface area contributed by atoms with E-state index in [-0.39, 0.29) is 13.2 Å². The second-order valence-electron chi connectivity index (χ2n) is 7.02. The van der Waals surface area contributed by atoms with Crippen LogP contribution >= 0.6 is 0 Å². The summed E-state index contributed by atoms with van der Waals surface area (Å²) in [5.41, 5.74) is 0.843. The van der Waals surface area contributed by atoms with Crippen molar-refractivity contribution >= 4 is 23.8 Å². The zero-order valence-corrected chi connectivity index (χ0v) is 17.9. The summed E-state index contributed by atoms with van der Waals surface area (Å²) in [6.07, 6.45) is -4.36. The van der Waals surface area contributed by atoms with E-state index in [0.717, 1.165) is 5.56 Å². The van der Waals surface area contributed by atoms with E-state index < -0.39 is 54.5 Å². The molecular weight excluding hydrogens is 410 g/mol. The fourth-order valence-electron chi connectivity index (χ4n) is 3.19. The number of amides is 1. The number of esters is 3. The van der Waals surface area contributed by atoms with E-state index >= 15 is 0 Å². The van der Waals surface area contributed by atoms with Crippen LogP contribution in [-0.4, -0.2) is 61.1 Å². The summed E-state index contributed by atoms with van der Waals surface area (Å²) >= 11 is 0. The maximum absolute atomic E-state index is 11.8. The highest BCUT2D eigenvalue weighted by Gasteiger charge is 2.51. The summed E-state index contributed by atoms with van der Waals surface area (Å²) in [5, 5.41) is 2.65. The largest absolute Gasteiger partial charge is 0.463 e. The first-order valence-corrected chi connectivity index (χ1v) is 9.73. The van der Waals surface area contributed by atoms with Crippen LogP contribution in [0.15, 0.2) is 30.3 Å². The van der Waals surface area contributed by atoms with Crippen LogP contribution < -0.4 is 5.32 Å². The average Bonchev–Trinajstić information content (AvgIpc) is 2.68. The number of hydrogen-bond donors (Lipinski definition) is 1. The number of hydrogen-bond acceptors (Lipinski definition) is 9.